The van der Waals surface area contributed by atoms with E-state index >= 15 is 0 Å². The smallest absolute Gasteiger partial charge is 0.237 e. The Bertz CT molecular complexity index is 1120. The molecular formula is C29H42N4O4S. The number of benzene rings is 2. The Labute approximate surface area is 227 Å². The highest BCUT2D eigenvalue weighted by atomic mass is 32.2. The average Bonchev–Trinajstić information content (AvgIpc) is 2.90. The van der Waals surface area contributed by atoms with Crippen molar-refractivity contribution in [3.8, 4) is 11.5 Å². The van der Waals surface area contributed by atoms with Crippen molar-refractivity contribution in [3.05, 3.63) is 54.1 Å². The molecule has 1 saturated heterocycles. The molecule has 0 radical (unpaired) electrons. The summed E-state index contributed by atoms with van der Waals surface area (Å²) in [7, 11) is -3.30. The predicted molar refractivity (Wildman–Crippen MR) is 152 cm³/mol. The van der Waals surface area contributed by atoms with Gasteiger partial charge in [-0.2, -0.15) is 0 Å². The third-order valence-corrected chi connectivity index (χ3v) is 7.99. The summed E-state index contributed by atoms with van der Waals surface area (Å²) in [6.45, 7) is 6.75. The van der Waals surface area contributed by atoms with Crippen LogP contribution >= 0.6 is 0 Å². The van der Waals surface area contributed by atoms with Crippen molar-refractivity contribution in [1.29, 1.82) is 0 Å². The van der Waals surface area contributed by atoms with Gasteiger partial charge in [0.15, 0.2) is 0 Å². The van der Waals surface area contributed by atoms with E-state index in [9.17, 15) is 13.2 Å². The van der Waals surface area contributed by atoms with E-state index in [1.807, 2.05) is 12.1 Å². The maximum atomic E-state index is 13.1. The zero-order chi connectivity index (χ0) is 27.0. The lowest BCUT2D eigenvalue weighted by atomic mass is 9.95. The SMILES string of the molecule is CCCC(C(=O)NC1CCCCC1)N1CCN(Cc2ccc(Oc3ccc(NS(C)(=O)=O)cc3)cc2)CC1. The highest BCUT2D eigenvalue weighted by molar-refractivity contribution is 7.92. The van der Waals surface area contributed by atoms with Crippen LogP contribution in [0.5, 0.6) is 11.5 Å². The summed E-state index contributed by atoms with van der Waals surface area (Å²) in [5.41, 5.74) is 1.72. The number of hydrogen-bond donors (Lipinski definition) is 2. The predicted octanol–water partition coefficient (Wildman–Crippen LogP) is 4.59. The summed E-state index contributed by atoms with van der Waals surface area (Å²) in [5.74, 6) is 1.60. The van der Waals surface area contributed by atoms with Crippen LogP contribution in [0, 0.1) is 0 Å². The van der Waals surface area contributed by atoms with Crippen LogP contribution < -0.4 is 14.8 Å². The fraction of sp³-hybridized carbons (Fsp3) is 0.552. The van der Waals surface area contributed by atoms with E-state index in [1.165, 1.54) is 24.8 Å². The van der Waals surface area contributed by atoms with Crippen LogP contribution in [-0.4, -0.2) is 68.6 Å². The molecule has 0 spiro atoms. The lowest BCUT2D eigenvalue weighted by molar-refractivity contribution is -0.128. The van der Waals surface area contributed by atoms with Crippen molar-refractivity contribution in [2.75, 3.05) is 37.2 Å². The molecular weight excluding hydrogens is 500 g/mol. The third-order valence-electron chi connectivity index (χ3n) is 7.39. The van der Waals surface area contributed by atoms with Gasteiger partial charge in [0.05, 0.1) is 12.3 Å². The standard InChI is InChI=1S/C29H42N4O4S/c1-3-7-28(29(34)30-24-8-5-4-6-9-24)33-20-18-32(19-21-33)22-23-10-14-26(15-11-23)37-27-16-12-25(13-17-27)31-38(2,35)36/h10-17,24,28,31H,3-9,18-22H2,1-2H3,(H,30,34). The van der Waals surface area contributed by atoms with Crippen LogP contribution in [0.3, 0.4) is 0 Å². The molecule has 4 rings (SSSR count). The first-order valence-electron chi connectivity index (χ1n) is 13.9. The molecule has 0 bridgehead atoms. The molecule has 1 aliphatic carbocycles. The van der Waals surface area contributed by atoms with Gasteiger partial charge in [0, 0.05) is 44.5 Å². The van der Waals surface area contributed by atoms with Crippen molar-refractivity contribution in [3.63, 3.8) is 0 Å². The molecule has 8 nitrogen and oxygen atoms in total. The number of amides is 1. The number of nitrogens with one attached hydrogen (secondary N) is 2. The number of hydrogen-bond acceptors (Lipinski definition) is 6. The lowest BCUT2D eigenvalue weighted by Crippen LogP contribution is -2.56. The Morgan fingerprint density at radius 1 is 0.947 bits per heavy atom. The van der Waals surface area contributed by atoms with Crippen molar-refractivity contribution < 1.29 is 17.9 Å². The fourth-order valence-corrected chi connectivity index (χ4v) is 5.96. The van der Waals surface area contributed by atoms with E-state index in [0.29, 0.717) is 17.5 Å². The number of carbonyl (C=O) groups excluding carboxylic acids is 1. The zero-order valence-electron chi connectivity index (χ0n) is 22.7. The molecule has 0 aromatic heterocycles. The molecule has 1 amide bonds. The first kappa shape index (κ1) is 28.4. The number of carbonyl (C=O) groups is 1. The Morgan fingerprint density at radius 3 is 2.13 bits per heavy atom. The fourth-order valence-electron chi connectivity index (χ4n) is 5.39. The molecule has 1 atom stereocenters. The van der Waals surface area contributed by atoms with Gasteiger partial charge in [-0.25, -0.2) is 8.42 Å². The second-order valence-corrected chi connectivity index (χ2v) is 12.4. The molecule has 1 saturated carbocycles. The van der Waals surface area contributed by atoms with E-state index in [1.54, 1.807) is 24.3 Å². The third kappa shape index (κ3) is 8.71. The largest absolute Gasteiger partial charge is 0.457 e. The average molecular weight is 543 g/mol. The molecule has 9 heteroatoms. The summed E-state index contributed by atoms with van der Waals surface area (Å²) in [5, 5.41) is 3.35. The van der Waals surface area contributed by atoms with Gasteiger partial charge in [-0.15, -0.1) is 0 Å². The number of nitrogens with zero attached hydrogens (tertiary/aromatic N) is 2. The number of ether oxygens (including phenoxy) is 1. The Kier molecular flexibility index (Phi) is 10.0. The van der Waals surface area contributed by atoms with E-state index in [0.717, 1.165) is 70.4 Å². The van der Waals surface area contributed by atoms with Crippen molar-refractivity contribution in [2.24, 2.45) is 0 Å². The minimum atomic E-state index is -3.30. The van der Waals surface area contributed by atoms with Gasteiger partial charge >= 0.3 is 0 Å². The quantitative estimate of drug-likeness (QED) is 0.432. The Balaban J connectivity index is 1.24. The first-order chi connectivity index (χ1) is 18.3. The first-order valence-corrected chi connectivity index (χ1v) is 15.8. The molecule has 2 fully saturated rings. The zero-order valence-corrected chi connectivity index (χ0v) is 23.5. The normalized spacial score (nSPS) is 18.6. The van der Waals surface area contributed by atoms with E-state index in [2.05, 4.69) is 38.9 Å². The van der Waals surface area contributed by atoms with Crippen LogP contribution in [-0.2, 0) is 21.4 Å². The molecule has 2 aromatic carbocycles. The van der Waals surface area contributed by atoms with Gasteiger partial charge in [-0.3, -0.25) is 19.3 Å². The Hall–Kier alpha value is -2.62. The summed E-state index contributed by atoms with van der Waals surface area (Å²) in [6, 6.07) is 15.3. The van der Waals surface area contributed by atoms with Crippen LogP contribution in [0.15, 0.2) is 48.5 Å². The van der Waals surface area contributed by atoms with Crippen LogP contribution in [0.4, 0.5) is 5.69 Å². The summed E-state index contributed by atoms with van der Waals surface area (Å²) >= 11 is 0. The summed E-state index contributed by atoms with van der Waals surface area (Å²) in [4.78, 5) is 17.9. The topological polar surface area (TPSA) is 91.0 Å². The maximum Gasteiger partial charge on any atom is 0.237 e. The van der Waals surface area contributed by atoms with Gasteiger partial charge in [0.1, 0.15) is 11.5 Å². The monoisotopic (exact) mass is 542 g/mol. The molecule has 38 heavy (non-hydrogen) atoms. The molecule has 2 aliphatic rings. The highest BCUT2D eigenvalue weighted by Crippen LogP contribution is 2.24. The van der Waals surface area contributed by atoms with Gasteiger partial charge in [0.25, 0.3) is 0 Å². The summed E-state index contributed by atoms with van der Waals surface area (Å²) < 4.78 is 31.1. The van der Waals surface area contributed by atoms with Gasteiger partial charge < -0.3 is 10.1 Å². The minimum Gasteiger partial charge on any atom is -0.457 e. The molecule has 208 valence electrons. The van der Waals surface area contributed by atoms with E-state index < -0.39 is 10.0 Å². The second kappa shape index (κ2) is 13.4. The van der Waals surface area contributed by atoms with Gasteiger partial charge in [-0.1, -0.05) is 44.7 Å². The second-order valence-electron chi connectivity index (χ2n) is 10.6. The number of rotatable bonds is 11. The van der Waals surface area contributed by atoms with Crippen molar-refractivity contribution >= 4 is 21.6 Å². The lowest BCUT2D eigenvalue weighted by Gasteiger charge is -2.39. The van der Waals surface area contributed by atoms with Gasteiger partial charge in [0.2, 0.25) is 15.9 Å². The number of piperazine rings is 1. The maximum absolute atomic E-state index is 13.1. The van der Waals surface area contributed by atoms with Crippen LogP contribution in [0.25, 0.3) is 0 Å². The molecule has 1 heterocycles. The molecule has 2 N–H and O–H groups in total. The van der Waals surface area contributed by atoms with Crippen molar-refractivity contribution in [2.45, 2.75) is 70.5 Å². The Morgan fingerprint density at radius 2 is 1.55 bits per heavy atom. The highest BCUT2D eigenvalue weighted by Gasteiger charge is 2.30. The van der Waals surface area contributed by atoms with Gasteiger partial charge in [-0.05, 0) is 61.2 Å². The molecule has 1 aliphatic heterocycles. The van der Waals surface area contributed by atoms with Crippen LogP contribution in [0.1, 0.15) is 57.4 Å². The minimum absolute atomic E-state index is 0.0169. The molecule has 2 aromatic rings. The number of sulfonamides is 1. The van der Waals surface area contributed by atoms with E-state index in [-0.39, 0.29) is 11.9 Å². The molecule has 1 unspecified atom stereocenters. The van der Waals surface area contributed by atoms with E-state index in [4.69, 9.17) is 4.74 Å². The number of anilines is 1. The van der Waals surface area contributed by atoms with Crippen molar-refractivity contribution in [1.82, 2.24) is 15.1 Å². The summed E-state index contributed by atoms with van der Waals surface area (Å²) in [6.07, 6.45) is 9.05. The van der Waals surface area contributed by atoms with Crippen LogP contribution in [0.2, 0.25) is 0 Å².